The zero-order valence-corrected chi connectivity index (χ0v) is 33.6. The van der Waals surface area contributed by atoms with E-state index in [1.165, 1.54) is 0 Å². The zero-order valence-electron chi connectivity index (χ0n) is 33.6. The van der Waals surface area contributed by atoms with E-state index in [9.17, 15) is 19.2 Å². The van der Waals surface area contributed by atoms with Crippen LogP contribution in [0.25, 0.3) is 0 Å². The minimum Gasteiger partial charge on any atom is -0.458 e. The Kier molecular flexibility index (Phi) is 10.2. The molecule has 0 radical (unpaired) electrons. The first kappa shape index (κ1) is 38.9. The topological polar surface area (TPSA) is 124 Å². The Balaban J connectivity index is 0.987. The summed E-state index contributed by atoms with van der Waals surface area (Å²) < 4.78 is 38.5. The third kappa shape index (κ3) is 6.64. The van der Waals surface area contributed by atoms with Gasteiger partial charge in [0.25, 0.3) is 0 Å². The first-order valence-corrected chi connectivity index (χ1v) is 21.3. The summed E-state index contributed by atoms with van der Waals surface area (Å²) in [7, 11) is 0. The number of hydrogen-bond donors (Lipinski definition) is 0. The SMILES string of the molecule is C[C@@H]1O[C@@H](O[C@H]2CC[C@@]3(C)[C@H](CC[C@@H]4[C@@H]3CC[C@]3(C)[C@H]5CC[C@@]43OC(=O)C5)C2)[C@H](OC(=O)c2ccccc2)[C@H](OC(=O)c2ccccc2)[C@H]1OC(=O)c1ccccc1. The predicted molar refractivity (Wildman–Crippen MR) is 211 cm³/mol. The van der Waals surface area contributed by atoms with Crippen molar-refractivity contribution in [2.45, 2.75) is 127 Å². The van der Waals surface area contributed by atoms with Gasteiger partial charge in [0.15, 0.2) is 24.6 Å². The van der Waals surface area contributed by atoms with Crippen LogP contribution in [-0.4, -0.2) is 66.3 Å². The molecule has 0 amide bonds. The van der Waals surface area contributed by atoms with Crippen molar-refractivity contribution >= 4 is 23.9 Å². The Morgan fingerprint density at radius 3 is 1.79 bits per heavy atom. The predicted octanol–water partition coefficient (Wildman–Crippen LogP) is 8.52. The third-order valence-corrected chi connectivity index (χ3v) is 15.5. The van der Waals surface area contributed by atoms with Gasteiger partial charge in [-0.2, -0.15) is 0 Å². The molecule has 0 spiro atoms. The lowest BCUT2D eigenvalue weighted by atomic mass is 9.43. The van der Waals surface area contributed by atoms with E-state index in [1.807, 2.05) is 0 Å². The van der Waals surface area contributed by atoms with Crippen molar-refractivity contribution in [1.29, 1.82) is 0 Å². The van der Waals surface area contributed by atoms with Crippen LogP contribution < -0.4 is 0 Å². The molecular weight excluding hydrogens is 737 g/mol. The second-order valence-corrected chi connectivity index (χ2v) is 18.2. The van der Waals surface area contributed by atoms with Gasteiger partial charge in [0.2, 0.25) is 0 Å². The summed E-state index contributed by atoms with van der Waals surface area (Å²) in [4.78, 5) is 54.1. The van der Waals surface area contributed by atoms with Gasteiger partial charge in [-0.15, -0.1) is 0 Å². The summed E-state index contributed by atoms with van der Waals surface area (Å²) in [5, 5.41) is 0. The van der Waals surface area contributed by atoms with E-state index >= 15 is 0 Å². The Hall–Kier alpha value is -4.54. The van der Waals surface area contributed by atoms with Crippen molar-refractivity contribution in [3.05, 3.63) is 108 Å². The molecular formula is C48H54O10. The van der Waals surface area contributed by atoms with Crippen molar-refractivity contribution < 1.29 is 47.6 Å². The average Bonchev–Trinajstić information content (AvgIpc) is 3.38. The number of rotatable bonds is 8. The van der Waals surface area contributed by atoms with Crippen LogP contribution >= 0.6 is 0 Å². The van der Waals surface area contributed by atoms with E-state index in [0.717, 1.165) is 57.8 Å². The van der Waals surface area contributed by atoms with Gasteiger partial charge >= 0.3 is 23.9 Å². The van der Waals surface area contributed by atoms with Crippen LogP contribution in [-0.2, 0) is 33.2 Å². The molecule has 2 bridgehead atoms. The van der Waals surface area contributed by atoms with Crippen LogP contribution in [0.2, 0.25) is 0 Å². The van der Waals surface area contributed by atoms with Gasteiger partial charge < -0.3 is 28.4 Å². The standard InChI is InChI=1S/C48H54O10/c1-29-39(55-42(50)30-13-7-4-8-14-30)40(56-43(51)31-15-9-5-10-16-31)41(57-44(52)32-17-11-6-12-18-32)45(53-29)54-35-22-24-46(2)33(27-35)19-20-37-36(46)23-25-47(3)34-21-26-48(37,47)58-38(49)28-34/h4-18,29,33-37,39-41,45H,19-28H2,1-3H3/t29-,33+,34-,35-,36-,37+,39-,40+,41+,45-,46-,47+,48+/m0/s1. The van der Waals surface area contributed by atoms with Gasteiger partial charge in [-0.05, 0) is 124 Å². The van der Waals surface area contributed by atoms with E-state index in [-0.39, 0.29) is 28.5 Å². The van der Waals surface area contributed by atoms with E-state index in [4.69, 9.17) is 28.4 Å². The highest BCUT2D eigenvalue weighted by Gasteiger charge is 2.71. The largest absolute Gasteiger partial charge is 0.458 e. The van der Waals surface area contributed by atoms with Gasteiger partial charge in [0.05, 0.1) is 28.9 Å². The minimum absolute atomic E-state index is 0.0148. The number of carbonyl (C=O) groups is 4. The maximum absolute atomic E-state index is 13.8. The van der Waals surface area contributed by atoms with Crippen LogP contribution in [0.15, 0.2) is 91.0 Å². The molecule has 6 aliphatic rings. The minimum atomic E-state index is -1.28. The summed E-state index contributed by atoms with van der Waals surface area (Å²) >= 11 is 0. The number of esters is 4. The molecule has 2 aliphatic heterocycles. The molecule has 0 aromatic heterocycles. The van der Waals surface area contributed by atoms with E-state index in [1.54, 1.807) is 97.9 Å². The lowest BCUT2D eigenvalue weighted by Gasteiger charge is -2.65. The number of benzene rings is 3. The smallest absolute Gasteiger partial charge is 0.338 e. The van der Waals surface area contributed by atoms with Gasteiger partial charge in [0.1, 0.15) is 5.60 Å². The first-order valence-electron chi connectivity index (χ1n) is 21.3. The molecule has 6 fully saturated rings. The molecule has 10 heteroatoms. The Morgan fingerprint density at radius 2 is 1.19 bits per heavy atom. The number of carbonyl (C=O) groups excluding carboxylic acids is 4. The molecule has 0 N–H and O–H groups in total. The number of ether oxygens (including phenoxy) is 6. The molecule has 2 heterocycles. The van der Waals surface area contributed by atoms with Crippen molar-refractivity contribution in [3.8, 4) is 0 Å². The number of fused-ring (bicyclic) bond motifs is 3. The molecule has 0 unspecified atom stereocenters. The van der Waals surface area contributed by atoms with Gasteiger partial charge in [0, 0.05) is 17.8 Å². The van der Waals surface area contributed by atoms with E-state index in [0.29, 0.717) is 46.8 Å². The average molecular weight is 791 g/mol. The molecule has 2 saturated heterocycles. The lowest BCUT2D eigenvalue weighted by molar-refractivity contribution is -0.308. The Morgan fingerprint density at radius 1 is 0.621 bits per heavy atom. The van der Waals surface area contributed by atoms with Crippen molar-refractivity contribution in [2.75, 3.05) is 0 Å². The van der Waals surface area contributed by atoms with Crippen LogP contribution in [0, 0.1) is 34.5 Å². The summed E-state index contributed by atoms with van der Waals surface area (Å²) in [6.07, 6.45) is 3.54. The quantitative estimate of drug-likeness (QED) is 0.125. The highest BCUT2D eigenvalue weighted by molar-refractivity contribution is 5.91. The second-order valence-electron chi connectivity index (χ2n) is 18.2. The van der Waals surface area contributed by atoms with Crippen LogP contribution in [0.5, 0.6) is 0 Å². The fourth-order valence-electron chi connectivity index (χ4n) is 12.4. The van der Waals surface area contributed by atoms with E-state index < -0.39 is 48.6 Å². The van der Waals surface area contributed by atoms with E-state index in [2.05, 4.69) is 13.8 Å². The molecule has 10 nitrogen and oxygen atoms in total. The second kappa shape index (κ2) is 15.2. The summed E-state index contributed by atoms with van der Waals surface area (Å²) in [5.41, 5.74) is 0.672. The van der Waals surface area contributed by atoms with Gasteiger partial charge in [-0.1, -0.05) is 68.4 Å². The van der Waals surface area contributed by atoms with Crippen LogP contribution in [0.1, 0.15) is 116 Å². The molecule has 3 aromatic carbocycles. The summed E-state index contributed by atoms with van der Waals surface area (Å²) in [6.45, 7) is 6.60. The van der Waals surface area contributed by atoms with Crippen molar-refractivity contribution in [2.24, 2.45) is 34.5 Å². The molecule has 58 heavy (non-hydrogen) atoms. The first-order chi connectivity index (χ1) is 28.0. The molecule has 306 valence electrons. The molecule has 9 rings (SSSR count). The van der Waals surface area contributed by atoms with Crippen molar-refractivity contribution in [1.82, 2.24) is 0 Å². The van der Waals surface area contributed by atoms with Gasteiger partial charge in [-0.3, -0.25) is 4.79 Å². The van der Waals surface area contributed by atoms with Gasteiger partial charge in [-0.25, -0.2) is 14.4 Å². The van der Waals surface area contributed by atoms with Crippen LogP contribution in [0.3, 0.4) is 0 Å². The molecule has 4 aliphatic carbocycles. The fraction of sp³-hybridized carbons (Fsp3) is 0.542. The summed E-state index contributed by atoms with van der Waals surface area (Å²) in [6, 6.07) is 25.7. The molecule has 13 atom stereocenters. The maximum atomic E-state index is 13.8. The highest BCUT2D eigenvalue weighted by atomic mass is 16.7. The maximum Gasteiger partial charge on any atom is 0.338 e. The summed E-state index contributed by atoms with van der Waals surface area (Å²) in [5.74, 6) is -0.344. The number of hydrogen-bond acceptors (Lipinski definition) is 10. The van der Waals surface area contributed by atoms with Crippen molar-refractivity contribution in [3.63, 3.8) is 0 Å². The third-order valence-electron chi connectivity index (χ3n) is 15.5. The Bertz CT molecular complexity index is 2010. The zero-order chi connectivity index (χ0) is 40.2. The monoisotopic (exact) mass is 790 g/mol. The molecule has 3 aromatic rings. The normalized spacial score (nSPS) is 38.8. The fourth-order valence-corrected chi connectivity index (χ4v) is 12.4. The van der Waals surface area contributed by atoms with Crippen LogP contribution in [0.4, 0.5) is 0 Å². The Labute approximate surface area is 340 Å². The molecule has 4 saturated carbocycles. The lowest BCUT2D eigenvalue weighted by Crippen LogP contribution is -2.65. The highest BCUT2D eigenvalue weighted by Crippen LogP contribution is 2.72.